The molecule has 2 saturated heterocycles. The summed E-state index contributed by atoms with van der Waals surface area (Å²) in [5, 5.41) is 53.7. The van der Waals surface area contributed by atoms with Crippen molar-refractivity contribution in [2.45, 2.75) is 206 Å². The molecule has 1 aromatic carbocycles. The summed E-state index contributed by atoms with van der Waals surface area (Å²) in [5.41, 5.74) is 9.65. The second-order valence-corrected chi connectivity index (χ2v) is 39.6. The number of hydrogen-bond donors (Lipinski definition) is 18. The number of phosphoric ester groups is 6. The van der Waals surface area contributed by atoms with Crippen molar-refractivity contribution < 1.29 is 161 Å². The van der Waals surface area contributed by atoms with E-state index in [0.29, 0.717) is 12.8 Å². The van der Waals surface area contributed by atoms with Crippen LogP contribution >= 0.6 is 46.9 Å². The molecule has 14 atom stereocenters. The summed E-state index contributed by atoms with van der Waals surface area (Å²) >= 11 is 0. The maximum Gasteiger partial charge on any atom is 0.481 e. The Kier molecular flexibility index (Phi) is 34.4. The zero-order valence-electron chi connectivity index (χ0n) is 66.1. The number of carbonyl (C=O) groups excluding carboxylic acids is 6. The molecule has 0 bridgehead atoms. The van der Waals surface area contributed by atoms with Crippen LogP contribution < -0.4 is 32.7 Å². The largest absolute Gasteiger partial charge is 0.481 e. The second-order valence-electron chi connectivity index (χ2n) is 31.1. The van der Waals surface area contributed by atoms with Crippen molar-refractivity contribution in [3.05, 3.63) is 60.7 Å². The summed E-state index contributed by atoms with van der Waals surface area (Å²) in [6.45, 7) is 3.98. The number of carbonyl (C=O) groups is 6. The number of nitrogens with zero attached hydrogens (tertiary/aromatic N) is 8. The van der Waals surface area contributed by atoms with Crippen molar-refractivity contribution in [2.24, 2.45) is 21.7 Å². The highest BCUT2D eigenvalue weighted by Crippen LogP contribution is 2.63. The smallest absolute Gasteiger partial charge is 0.386 e. The molecule has 0 spiro atoms. The summed E-state index contributed by atoms with van der Waals surface area (Å²) in [5.74, 6) is -3.20. The molecule has 8 rings (SSSR count). The number of hydrogen-bond acceptors (Lipinski definition) is 34. The van der Waals surface area contributed by atoms with Crippen molar-refractivity contribution in [1.29, 1.82) is 0 Å². The van der Waals surface area contributed by atoms with E-state index in [9.17, 15) is 116 Å². The van der Waals surface area contributed by atoms with E-state index in [4.69, 9.17) is 39.0 Å². The number of unbranched alkanes of at least 4 members (excludes halogenated alkanes) is 4. The molecule has 4 aromatic heterocycles. The Morgan fingerprint density at radius 3 is 1.37 bits per heavy atom. The number of ether oxygens (including phenoxy) is 2. The van der Waals surface area contributed by atoms with E-state index in [1.165, 1.54) is 38.8 Å². The average molecular weight is 1820 g/mol. The number of Topliss-reactive ketones (excluding diaryl/α,β-unsaturated/α-hetero) is 2. The van der Waals surface area contributed by atoms with E-state index in [0.717, 1.165) is 98.7 Å². The first-order chi connectivity index (χ1) is 55.8. The third kappa shape index (κ3) is 29.1. The number of phosphoric acid groups is 6. The van der Waals surface area contributed by atoms with Gasteiger partial charge in [0.25, 0.3) is 0 Å². The Bertz CT molecular complexity index is 4720. The van der Waals surface area contributed by atoms with Crippen LogP contribution in [0.1, 0.15) is 155 Å². The number of ketones is 2. The molecular weight excluding hydrogens is 1720 g/mol. The molecule has 48 nitrogen and oxygen atoms in total. The van der Waals surface area contributed by atoms with E-state index in [-0.39, 0.29) is 97.4 Å². The first kappa shape index (κ1) is 99.1. The van der Waals surface area contributed by atoms with Gasteiger partial charge in [-0.2, -0.15) is 8.62 Å². The lowest BCUT2D eigenvalue weighted by atomic mass is 9.81. The fourth-order valence-electron chi connectivity index (χ4n) is 13.1. The summed E-state index contributed by atoms with van der Waals surface area (Å²) in [6, 6.07) is 8.37. The van der Waals surface area contributed by atoms with Gasteiger partial charge in [-0.15, -0.1) is 0 Å². The molecule has 2 aliphatic heterocycles. The number of amides is 4. The van der Waals surface area contributed by atoms with Gasteiger partial charge in [0, 0.05) is 73.5 Å². The van der Waals surface area contributed by atoms with Crippen LogP contribution in [0.3, 0.4) is 0 Å². The topological polar surface area (TPSA) is 727 Å². The Morgan fingerprint density at radius 2 is 0.942 bits per heavy atom. The Hall–Kier alpha value is -6.36. The molecule has 4 amide bonds. The maximum absolute atomic E-state index is 13.3. The predicted molar refractivity (Wildman–Crippen MR) is 415 cm³/mol. The number of nitrogens with two attached hydrogens (primary N) is 2. The molecular formula is C66H104N14O34P6. The molecule has 54 heteroatoms. The lowest BCUT2D eigenvalue weighted by Crippen LogP contribution is -2.46. The number of nitrogen functional groups attached to an aromatic ring is 2. The molecule has 1 saturated carbocycles. The quantitative estimate of drug-likeness (QED) is 0.0196. The maximum atomic E-state index is 13.3. The van der Waals surface area contributed by atoms with Crippen LogP contribution in [-0.4, -0.2) is 235 Å². The van der Waals surface area contributed by atoms with Crippen LogP contribution in [0.5, 0.6) is 0 Å². The van der Waals surface area contributed by atoms with Crippen LogP contribution in [0.4, 0.5) is 11.6 Å². The minimum atomic E-state index is -5.64. The highest BCUT2D eigenvalue weighted by atomic mass is 31.3. The van der Waals surface area contributed by atoms with Crippen LogP contribution in [0.15, 0.2) is 49.6 Å². The first-order valence-corrected chi connectivity index (χ1v) is 46.8. The van der Waals surface area contributed by atoms with Crippen LogP contribution in [0.2, 0.25) is 0 Å². The van der Waals surface area contributed by atoms with Crippen molar-refractivity contribution >= 4 is 116 Å². The van der Waals surface area contributed by atoms with Gasteiger partial charge in [0.15, 0.2) is 35.4 Å². The van der Waals surface area contributed by atoms with Gasteiger partial charge in [-0.25, -0.2) is 57.3 Å². The van der Waals surface area contributed by atoms with E-state index < -0.39 is 180 Å². The van der Waals surface area contributed by atoms with Crippen molar-refractivity contribution in [1.82, 2.24) is 60.3 Å². The zero-order valence-corrected chi connectivity index (χ0v) is 71.5. The van der Waals surface area contributed by atoms with E-state index >= 15 is 0 Å². The van der Waals surface area contributed by atoms with E-state index in [1.807, 2.05) is 19.9 Å². The van der Waals surface area contributed by atoms with Crippen molar-refractivity contribution in [2.75, 3.05) is 64.1 Å². The van der Waals surface area contributed by atoms with Gasteiger partial charge in [0.1, 0.15) is 84.1 Å². The fraction of sp³-hybridized carbons (Fsp3) is 0.667. The Morgan fingerprint density at radius 1 is 0.542 bits per heavy atom. The van der Waals surface area contributed by atoms with Crippen LogP contribution in [0.25, 0.3) is 22.3 Å². The molecule has 672 valence electrons. The lowest BCUT2D eigenvalue weighted by Gasteiger charge is -2.30. The SMILES string of the molecule is CC(C)(CCCCCCc1cccc(CCCCC2(C(=O)CCNC(=O)CCNC(=O)C(O)C(C)(C)COP(=O)(O)OP(=O)(O)OCC3OC(n4cnc5c(N)ncnc54)C(O)C3OP(=O)(O)O)CC2)c1)C(=O)CCNC(=O)CCNC(=O)C(O)C(C)(C)COP(=O)(O)OP(=O)(O)OCC1OC(n2cnc3c(N)ncnc32)C(O)C1OP(=O)(O)O. The molecule has 1 aliphatic carbocycles. The summed E-state index contributed by atoms with van der Waals surface area (Å²) in [6.07, 6.45) is -4.57. The number of imidazole rings is 2. The number of nitrogens with one attached hydrogen (secondary N) is 4. The summed E-state index contributed by atoms with van der Waals surface area (Å²) in [7, 11) is -33.2. The lowest BCUT2D eigenvalue weighted by molar-refractivity contribution is -0.137. The minimum absolute atomic E-state index is 0.00611. The standard InChI is InChI=1S/C66H104N14O34P6/c1-63(2,43(81)18-26-69-45(83)20-28-71-59(89)53(87)64(3,4)33-107-119(101,102)113-117(97,98)105-31-41-51(111-115(91,92)93)49(85)61(109-41)79-37-77-47-55(67)73-35-75-57(47)79)22-11-8-7-9-14-39-16-13-17-40(30-39)15-10-12-23-66(24-25-66)44(82)19-27-70-46(84)21-29-72-60(90)54(88)65(5,6)34-108-120(103,104)114-118(99,100)106-32-42-52(112-116(94,95)96)50(86)62(110-42)80-38-78-48-56(68)74-36-76-58(48)80/h13,16-17,30,35-38,41-42,49-54,61-62,85-88H,7-12,14-15,18-29,31-34H2,1-6H3,(H,69,83)(H,70,84)(H,71,89)(H,72,90)(H,97,98)(H,99,100)(H,101,102)(H,103,104)(H2,67,73,75)(H2,68,74,76)(H2,91,92,93)(H2,94,95,96). The van der Waals surface area contributed by atoms with Gasteiger partial charge >= 0.3 is 46.9 Å². The van der Waals surface area contributed by atoms with E-state index in [1.54, 1.807) is 0 Å². The third-order valence-corrected chi connectivity index (χ3v) is 26.3. The molecule has 6 heterocycles. The van der Waals surface area contributed by atoms with Gasteiger partial charge in [-0.1, -0.05) is 91.5 Å². The third-order valence-electron chi connectivity index (χ3n) is 20.1. The number of aliphatic hydroxyl groups excluding tert-OH is 4. The van der Waals surface area contributed by atoms with Crippen LogP contribution in [-0.2, 0) is 114 Å². The number of benzene rings is 1. The molecule has 20 N–H and O–H groups in total. The van der Waals surface area contributed by atoms with Gasteiger partial charge in [0.2, 0.25) is 23.6 Å². The number of rotatable bonds is 52. The number of aliphatic hydroxyl groups is 4. The second kappa shape index (κ2) is 41.6. The molecule has 3 aliphatic rings. The van der Waals surface area contributed by atoms with Crippen LogP contribution in [0, 0.1) is 21.7 Å². The minimum Gasteiger partial charge on any atom is -0.386 e. The van der Waals surface area contributed by atoms with Gasteiger partial charge in [-0.05, 0) is 62.5 Å². The highest BCUT2D eigenvalue weighted by molar-refractivity contribution is 7.61. The van der Waals surface area contributed by atoms with Gasteiger partial charge in [-0.3, -0.25) is 65.0 Å². The molecule has 120 heavy (non-hydrogen) atoms. The fourth-order valence-corrected chi connectivity index (χ4v) is 18.7. The highest BCUT2D eigenvalue weighted by Gasteiger charge is 2.53. The summed E-state index contributed by atoms with van der Waals surface area (Å²) < 4.78 is 126. The molecule has 3 fully saturated rings. The number of aryl methyl sites for hydroxylation is 2. The Balaban J connectivity index is 0.628. The van der Waals surface area contributed by atoms with Gasteiger partial charge < -0.3 is 102 Å². The molecule has 0 radical (unpaired) electrons. The van der Waals surface area contributed by atoms with E-state index in [2.05, 4.69) is 87.0 Å². The van der Waals surface area contributed by atoms with Crippen molar-refractivity contribution in [3.63, 3.8) is 0 Å². The molecule has 14 unspecified atom stereocenters. The zero-order chi connectivity index (χ0) is 88.8. The number of aromatic nitrogens is 8. The van der Waals surface area contributed by atoms with Gasteiger partial charge in [0.05, 0.1) is 39.1 Å². The predicted octanol–water partition coefficient (Wildman–Crippen LogP) is 2.45. The molecule has 5 aromatic rings. The first-order valence-electron chi connectivity index (χ1n) is 37.7. The number of fused-ring (bicyclic) bond motifs is 2. The number of anilines is 2. The summed E-state index contributed by atoms with van der Waals surface area (Å²) in [4.78, 5) is 181. The normalized spacial score (nSPS) is 22.2. The Labute approximate surface area is 686 Å². The van der Waals surface area contributed by atoms with Crippen molar-refractivity contribution in [3.8, 4) is 0 Å². The average Bonchev–Trinajstić information content (AvgIpc) is 1.62. The monoisotopic (exact) mass is 1820 g/mol.